The van der Waals surface area contributed by atoms with Crippen LogP contribution in [0.3, 0.4) is 0 Å². The lowest BCUT2D eigenvalue weighted by atomic mass is 9.81. The maximum Gasteiger partial charge on any atom is 0.0508 e. The van der Waals surface area contributed by atoms with Gasteiger partial charge in [-0.3, -0.25) is 0 Å². The van der Waals surface area contributed by atoms with Gasteiger partial charge in [0, 0.05) is 16.8 Å². The Hall–Kier alpha value is -4.62. The van der Waals surface area contributed by atoms with Gasteiger partial charge in [-0.15, -0.1) is 0 Å². The van der Waals surface area contributed by atoms with E-state index in [1.807, 2.05) is 0 Å². The molecule has 1 aliphatic rings. The molecule has 1 nitrogen and oxygen atoms in total. The van der Waals surface area contributed by atoms with Gasteiger partial charge in [-0.25, -0.2) is 0 Å². The summed E-state index contributed by atoms with van der Waals surface area (Å²) in [6.07, 6.45) is 0. The molecule has 0 aromatic heterocycles. The van der Waals surface area contributed by atoms with Crippen molar-refractivity contribution in [2.75, 3.05) is 4.90 Å². The number of rotatable bonds is 4. The molecule has 0 heterocycles. The van der Waals surface area contributed by atoms with E-state index in [4.69, 9.17) is 0 Å². The minimum absolute atomic E-state index is 0.106. The van der Waals surface area contributed by atoms with Crippen molar-refractivity contribution >= 4 is 27.8 Å². The van der Waals surface area contributed by atoms with Crippen LogP contribution in [0, 0.1) is 0 Å². The van der Waals surface area contributed by atoms with E-state index in [1.165, 1.54) is 49.8 Å². The summed E-state index contributed by atoms with van der Waals surface area (Å²) in [7, 11) is 0. The van der Waals surface area contributed by atoms with Crippen LogP contribution in [0.2, 0.25) is 0 Å². The van der Waals surface area contributed by atoms with Gasteiger partial charge in [-0.2, -0.15) is 0 Å². The van der Waals surface area contributed by atoms with Gasteiger partial charge in [0.2, 0.25) is 0 Å². The molecule has 0 spiro atoms. The fourth-order valence-corrected chi connectivity index (χ4v) is 6.20. The molecule has 0 radical (unpaired) electrons. The van der Waals surface area contributed by atoms with Gasteiger partial charge >= 0.3 is 0 Å². The van der Waals surface area contributed by atoms with Crippen molar-refractivity contribution in [3.05, 3.63) is 151 Å². The van der Waals surface area contributed by atoms with Gasteiger partial charge in [0.15, 0.2) is 0 Å². The molecule has 7 rings (SSSR count). The van der Waals surface area contributed by atoms with Crippen LogP contribution < -0.4 is 4.90 Å². The van der Waals surface area contributed by atoms with Gasteiger partial charge in [0.25, 0.3) is 0 Å². The third kappa shape index (κ3) is 3.55. The van der Waals surface area contributed by atoms with E-state index in [2.05, 4.69) is 158 Å². The van der Waals surface area contributed by atoms with E-state index in [0.717, 1.165) is 11.4 Å². The van der Waals surface area contributed by atoms with Crippen molar-refractivity contribution in [3.8, 4) is 22.3 Å². The van der Waals surface area contributed by atoms with Crippen LogP contribution in [0.4, 0.5) is 17.1 Å². The van der Waals surface area contributed by atoms with Crippen LogP contribution in [-0.2, 0) is 5.41 Å². The Kier molecular flexibility index (Phi) is 5.19. The summed E-state index contributed by atoms with van der Waals surface area (Å²) in [4.78, 5) is 2.43. The lowest BCUT2D eigenvalue weighted by Gasteiger charge is -2.32. The zero-order valence-electron chi connectivity index (χ0n) is 21.7. The van der Waals surface area contributed by atoms with Crippen LogP contribution in [0.25, 0.3) is 33.0 Å². The second kappa shape index (κ2) is 8.75. The van der Waals surface area contributed by atoms with Crippen molar-refractivity contribution in [1.29, 1.82) is 0 Å². The maximum absolute atomic E-state index is 2.43. The number of hydrogen-bond donors (Lipinski definition) is 0. The molecule has 1 heteroatoms. The second-order valence-corrected chi connectivity index (χ2v) is 10.7. The molecule has 0 bridgehead atoms. The molecule has 6 aromatic rings. The molecule has 0 saturated carbocycles. The van der Waals surface area contributed by atoms with Crippen LogP contribution in [0.15, 0.2) is 140 Å². The molecular weight excluding hydrogens is 458 g/mol. The molecule has 0 saturated heterocycles. The first-order valence-electron chi connectivity index (χ1n) is 13.3. The van der Waals surface area contributed by atoms with Crippen LogP contribution in [0.1, 0.15) is 25.0 Å². The van der Waals surface area contributed by atoms with Crippen molar-refractivity contribution in [2.24, 2.45) is 0 Å². The van der Waals surface area contributed by atoms with Crippen molar-refractivity contribution in [2.45, 2.75) is 19.3 Å². The first kappa shape index (κ1) is 22.6. The van der Waals surface area contributed by atoms with Gasteiger partial charge in [0.1, 0.15) is 0 Å². The van der Waals surface area contributed by atoms with E-state index in [1.54, 1.807) is 0 Å². The quantitative estimate of drug-likeness (QED) is 0.239. The predicted molar refractivity (Wildman–Crippen MR) is 162 cm³/mol. The van der Waals surface area contributed by atoms with E-state index in [9.17, 15) is 0 Å². The summed E-state index contributed by atoms with van der Waals surface area (Å²) in [6, 6.07) is 50.6. The molecule has 0 atom stereocenters. The normalized spacial score (nSPS) is 13.2. The topological polar surface area (TPSA) is 3.24 Å². The van der Waals surface area contributed by atoms with Crippen molar-refractivity contribution in [3.63, 3.8) is 0 Å². The summed E-state index contributed by atoms with van der Waals surface area (Å²) < 4.78 is 0. The van der Waals surface area contributed by atoms with Crippen molar-refractivity contribution < 1.29 is 0 Å². The number of hydrogen-bond acceptors (Lipinski definition) is 1. The molecule has 1 aliphatic carbocycles. The smallest absolute Gasteiger partial charge is 0.0508 e. The van der Waals surface area contributed by atoms with E-state index < -0.39 is 0 Å². The number of anilines is 3. The van der Waals surface area contributed by atoms with Gasteiger partial charge in [-0.1, -0.05) is 117 Å². The highest BCUT2D eigenvalue weighted by Gasteiger charge is 2.38. The summed E-state index contributed by atoms with van der Waals surface area (Å²) in [5, 5.41) is 2.52. The lowest BCUT2D eigenvalue weighted by Crippen LogP contribution is -2.20. The van der Waals surface area contributed by atoms with E-state index >= 15 is 0 Å². The zero-order chi connectivity index (χ0) is 25.7. The average molecular weight is 488 g/mol. The first-order chi connectivity index (χ1) is 18.6. The van der Waals surface area contributed by atoms with Gasteiger partial charge in [0.05, 0.1) is 5.69 Å². The monoisotopic (exact) mass is 487 g/mol. The fourth-order valence-electron chi connectivity index (χ4n) is 6.20. The van der Waals surface area contributed by atoms with Crippen molar-refractivity contribution in [1.82, 2.24) is 0 Å². The molecule has 0 fully saturated rings. The number of nitrogens with zero attached hydrogens (tertiary/aromatic N) is 1. The summed E-state index contributed by atoms with van der Waals surface area (Å²) in [5.41, 5.74) is 11.3. The van der Waals surface area contributed by atoms with Crippen LogP contribution in [0.5, 0.6) is 0 Å². The SMILES string of the molecule is CC1(C)c2ccccc2-c2cccc(N(c3ccccc3)c3cccc(-c4ccc5ccccc5c4)c3)c21. The number of benzene rings is 6. The van der Waals surface area contributed by atoms with Crippen LogP contribution in [-0.4, -0.2) is 0 Å². The molecule has 38 heavy (non-hydrogen) atoms. The largest absolute Gasteiger partial charge is 0.310 e. The molecular formula is C37H29N. The minimum Gasteiger partial charge on any atom is -0.310 e. The lowest BCUT2D eigenvalue weighted by molar-refractivity contribution is 0.661. The standard InChI is InChI=1S/C37H29N/c1-37(2)34-20-9-8-18-32(34)33-19-11-21-35(36(33)37)38(30-15-4-3-5-16-30)31-17-10-14-28(25-31)29-23-22-26-12-6-7-13-27(26)24-29/h3-25H,1-2H3. The molecule has 0 amide bonds. The average Bonchev–Trinajstić information content (AvgIpc) is 3.21. The highest BCUT2D eigenvalue weighted by atomic mass is 15.1. The minimum atomic E-state index is -0.106. The summed E-state index contributed by atoms with van der Waals surface area (Å²) in [6.45, 7) is 4.71. The van der Waals surface area contributed by atoms with Gasteiger partial charge in [-0.05, 0) is 80.6 Å². The van der Waals surface area contributed by atoms with Gasteiger partial charge < -0.3 is 4.90 Å². The predicted octanol–water partition coefficient (Wildman–Crippen LogP) is 10.3. The molecule has 182 valence electrons. The molecule has 0 aliphatic heterocycles. The zero-order valence-corrected chi connectivity index (χ0v) is 21.7. The second-order valence-electron chi connectivity index (χ2n) is 10.7. The third-order valence-electron chi connectivity index (χ3n) is 8.00. The summed E-state index contributed by atoms with van der Waals surface area (Å²) >= 11 is 0. The highest BCUT2D eigenvalue weighted by Crippen LogP contribution is 2.54. The number of fused-ring (bicyclic) bond motifs is 4. The Morgan fingerprint density at radius 2 is 1.13 bits per heavy atom. The Bertz CT molecular complexity index is 1800. The maximum atomic E-state index is 2.43. The fraction of sp³-hybridized carbons (Fsp3) is 0.0811. The Morgan fingerprint density at radius 1 is 0.474 bits per heavy atom. The Balaban J connectivity index is 1.43. The van der Waals surface area contributed by atoms with E-state index in [-0.39, 0.29) is 5.41 Å². The Labute approximate surface area is 224 Å². The third-order valence-corrected chi connectivity index (χ3v) is 8.00. The highest BCUT2D eigenvalue weighted by molar-refractivity contribution is 5.92. The van der Waals surface area contributed by atoms with E-state index in [0.29, 0.717) is 0 Å². The number of para-hydroxylation sites is 1. The molecule has 0 N–H and O–H groups in total. The molecule has 6 aromatic carbocycles. The Morgan fingerprint density at radius 3 is 2.00 bits per heavy atom. The molecule has 0 unspecified atom stereocenters. The van der Waals surface area contributed by atoms with Crippen LogP contribution >= 0.6 is 0 Å². The summed E-state index contributed by atoms with van der Waals surface area (Å²) in [5.74, 6) is 0. The first-order valence-corrected chi connectivity index (χ1v) is 13.3.